The minimum Gasteiger partial charge on any atom is -0.301 e. The summed E-state index contributed by atoms with van der Waals surface area (Å²) < 4.78 is 0. The Hall–Kier alpha value is -0.120. The molecule has 0 aromatic heterocycles. The van der Waals surface area contributed by atoms with Crippen molar-refractivity contribution in [3.05, 3.63) is 0 Å². The summed E-state index contributed by atoms with van der Waals surface area (Å²) in [5.41, 5.74) is 0.203. The fourth-order valence-corrected chi connectivity index (χ4v) is 3.74. The molecule has 0 spiro atoms. The first-order valence-electron chi connectivity index (χ1n) is 7.95. The first kappa shape index (κ1) is 16.9. The van der Waals surface area contributed by atoms with E-state index >= 15 is 0 Å². The van der Waals surface area contributed by atoms with Crippen LogP contribution in [0.5, 0.6) is 0 Å². The van der Waals surface area contributed by atoms with Crippen molar-refractivity contribution < 1.29 is 4.84 Å². The number of piperidine rings is 1. The van der Waals surface area contributed by atoms with Gasteiger partial charge in [-0.15, -0.1) is 0 Å². The van der Waals surface area contributed by atoms with Crippen molar-refractivity contribution in [2.75, 3.05) is 19.7 Å². The smallest absolute Gasteiger partial charge is 0.0683 e. The van der Waals surface area contributed by atoms with E-state index in [1.54, 1.807) is 0 Å². The van der Waals surface area contributed by atoms with E-state index in [0.717, 1.165) is 26.1 Å². The molecular formula is C16H34N2O. The molecule has 0 aromatic rings. The second kappa shape index (κ2) is 6.55. The van der Waals surface area contributed by atoms with E-state index in [0.29, 0.717) is 6.04 Å². The zero-order valence-corrected chi connectivity index (χ0v) is 14.1. The molecule has 1 fully saturated rings. The van der Waals surface area contributed by atoms with Crippen LogP contribution >= 0.6 is 0 Å². The lowest BCUT2D eigenvalue weighted by atomic mass is 9.78. The molecule has 0 atom stereocenters. The first-order valence-corrected chi connectivity index (χ1v) is 7.95. The largest absolute Gasteiger partial charge is 0.301 e. The Bertz CT molecular complexity index is 254. The van der Waals surface area contributed by atoms with Crippen molar-refractivity contribution in [1.29, 1.82) is 0 Å². The van der Waals surface area contributed by atoms with Gasteiger partial charge in [0, 0.05) is 17.1 Å². The Balaban J connectivity index is 2.86. The van der Waals surface area contributed by atoms with Gasteiger partial charge >= 0.3 is 0 Å². The molecule has 0 unspecified atom stereocenters. The molecule has 0 saturated carbocycles. The van der Waals surface area contributed by atoms with Crippen molar-refractivity contribution in [3.8, 4) is 0 Å². The minimum atomic E-state index is 0.101. The molecule has 114 valence electrons. The van der Waals surface area contributed by atoms with E-state index in [-0.39, 0.29) is 11.1 Å². The molecule has 1 heterocycles. The predicted octanol–water partition coefficient (Wildman–Crippen LogP) is 3.69. The molecule has 1 saturated heterocycles. The van der Waals surface area contributed by atoms with Crippen molar-refractivity contribution in [2.24, 2.45) is 0 Å². The molecule has 0 bridgehead atoms. The number of hydroxylamine groups is 2. The molecule has 0 amide bonds. The normalized spacial score (nSPS) is 24.0. The van der Waals surface area contributed by atoms with Gasteiger partial charge in [0.25, 0.3) is 0 Å². The van der Waals surface area contributed by atoms with Crippen LogP contribution in [0.3, 0.4) is 0 Å². The molecule has 19 heavy (non-hydrogen) atoms. The summed E-state index contributed by atoms with van der Waals surface area (Å²) in [7, 11) is 0. The Morgan fingerprint density at radius 1 is 1.00 bits per heavy atom. The second-order valence-corrected chi connectivity index (χ2v) is 7.04. The van der Waals surface area contributed by atoms with Gasteiger partial charge in [0.15, 0.2) is 0 Å². The van der Waals surface area contributed by atoms with Gasteiger partial charge in [-0.2, -0.15) is 5.06 Å². The maximum atomic E-state index is 6.07. The quantitative estimate of drug-likeness (QED) is 0.732. The molecule has 1 aliphatic rings. The van der Waals surface area contributed by atoms with E-state index in [2.05, 4.69) is 58.4 Å². The van der Waals surface area contributed by atoms with Crippen molar-refractivity contribution in [1.82, 2.24) is 9.96 Å². The third-order valence-electron chi connectivity index (χ3n) is 4.32. The maximum absolute atomic E-state index is 6.07. The standard InChI is InChI=1S/C16H34N2O/c1-8-11-19-18-15(4,5)12-14(13-16(18,6)7)17(9-2)10-3/h14H,8-13H2,1-7H3. The number of hydrogen-bond donors (Lipinski definition) is 0. The van der Waals surface area contributed by atoms with Gasteiger partial charge in [0.05, 0.1) is 6.61 Å². The van der Waals surface area contributed by atoms with Crippen LogP contribution < -0.4 is 0 Å². The third kappa shape index (κ3) is 3.93. The Morgan fingerprint density at radius 2 is 1.47 bits per heavy atom. The van der Waals surface area contributed by atoms with Crippen LogP contribution in [-0.4, -0.2) is 46.8 Å². The monoisotopic (exact) mass is 270 g/mol. The van der Waals surface area contributed by atoms with Crippen LogP contribution in [0, 0.1) is 0 Å². The average Bonchev–Trinajstić information content (AvgIpc) is 2.27. The van der Waals surface area contributed by atoms with Crippen LogP contribution in [0.15, 0.2) is 0 Å². The van der Waals surface area contributed by atoms with Crippen molar-refractivity contribution in [3.63, 3.8) is 0 Å². The number of nitrogens with zero attached hydrogens (tertiary/aromatic N) is 2. The number of rotatable bonds is 6. The highest BCUT2D eigenvalue weighted by Crippen LogP contribution is 2.40. The molecule has 0 radical (unpaired) electrons. The van der Waals surface area contributed by atoms with Crippen LogP contribution in [0.25, 0.3) is 0 Å². The van der Waals surface area contributed by atoms with Crippen LogP contribution in [0.1, 0.15) is 67.7 Å². The zero-order chi connectivity index (χ0) is 14.7. The average molecular weight is 270 g/mol. The van der Waals surface area contributed by atoms with Crippen LogP contribution in [-0.2, 0) is 4.84 Å². The maximum Gasteiger partial charge on any atom is 0.0683 e. The van der Waals surface area contributed by atoms with Gasteiger partial charge < -0.3 is 4.90 Å². The second-order valence-electron chi connectivity index (χ2n) is 7.04. The summed E-state index contributed by atoms with van der Waals surface area (Å²) in [6, 6.07) is 0.668. The van der Waals surface area contributed by atoms with E-state index in [1.807, 2.05) is 0 Å². The molecule has 0 aliphatic carbocycles. The van der Waals surface area contributed by atoms with E-state index in [4.69, 9.17) is 4.84 Å². The lowest BCUT2D eigenvalue weighted by Gasteiger charge is -2.55. The number of hydrogen-bond acceptors (Lipinski definition) is 3. The Morgan fingerprint density at radius 3 is 1.84 bits per heavy atom. The third-order valence-corrected chi connectivity index (χ3v) is 4.32. The Kier molecular flexibility index (Phi) is 5.84. The predicted molar refractivity (Wildman–Crippen MR) is 82.2 cm³/mol. The van der Waals surface area contributed by atoms with Gasteiger partial charge in [-0.05, 0) is 60.0 Å². The highest BCUT2D eigenvalue weighted by Gasteiger charge is 2.47. The van der Waals surface area contributed by atoms with Crippen molar-refractivity contribution in [2.45, 2.75) is 84.8 Å². The van der Waals surface area contributed by atoms with Crippen molar-refractivity contribution >= 4 is 0 Å². The van der Waals surface area contributed by atoms with Gasteiger partial charge in [-0.25, -0.2) is 0 Å². The molecule has 3 nitrogen and oxygen atoms in total. The fraction of sp³-hybridized carbons (Fsp3) is 1.00. The molecule has 1 aliphatic heterocycles. The molecule has 1 rings (SSSR count). The minimum absolute atomic E-state index is 0.101. The summed E-state index contributed by atoms with van der Waals surface area (Å²) in [5.74, 6) is 0. The lowest BCUT2D eigenvalue weighted by molar-refractivity contribution is -0.288. The van der Waals surface area contributed by atoms with E-state index in [9.17, 15) is 0 Å². The zero-order valence-electron chi connectivity index (χ0n) is 14.1. The highest BCUT2D eigenvalue weighted by molar-refractivity contribution is 4.99. The molecular weight excluding hydrogens is 236 g/mol. The van der Waals surface area contributed by atoms with Crippen LogP contribution in [0.4, 0.5) is 0 Å². The van der Waals surface area contributed by atoms with Gasteiger partial charge in [-0.3, -0.25) is 4.84 Å². The van der Waals surface area contributed by atoms with Gasteiger partial charge in [-0.1, -0.05) is 20.8 Å². The SMILES string of the molecule is CCCON1C(C)(C)CC(N(CC)CC)CC1(C)C. The first-order chi connectivity index (χ1) is 8.78. The summed E-state index contributed by atoms with van der Waals surface area (Å²) in [6.45, 7) is 19.1. The van der Waals surface area contributed by atoms with Crippen LogP contribution in [0.2, 0.25) is 0 Å². The lowest BCUT2D eigenvalue weighted by Crippen LogP contribution is -2.64. The molecule has 0 N–H and O–H groups in total. The van der Waals surface area contributed by atoms with Gasteiger partial charge in [0.2, 0.25) is 0 Å². The molecule has 0 aromatic carbocycles. The fourth-order valence-electron chi connectivity index (χ4n) is 3.74. The summed E-state index contributed by atoms with van der Waals surface area (Å²) in [6.07, 6.45) is 3.44. The van der Waals surface area contributed by atoms with E-state index in [1.165, 1.54) is 12.8 Å². The summed E-state index contributed by atoms with van der Waals surface area (Å²) in [5, 5.41) is 2.27. The summed E-state index contributed by atoms with van der Waals surface area (Å²) >= 11 is 0. The topological polar surface area (TPSA) is 15.7 Å². The highest BCUT2D eigenvalue weighted by atomic mass is 16.7. The molecule has 3 heteroatoms. The van der Waals surface area contributed by atoms with Gasteiger partial charge in [0.1, 0.15) is 0 Å². The van der Waals surface area contributed by atoms with E-state index < -0.39 is 0 Å². The Labute approximate surface area is 120 Å². The summed E-state index contributed by atoms with van der Waals surface area (Å²) in [4.78, 5) is 8.67.